The van der Waals surface area contributed by atoms with Crippen molar-refractivity contribution in [2.24, 2.45) is 0 Å². The fraction of sp³-hybridized carbons (Fsp3) is 0.438. The number of hydrogen-bond donors (Lipinski definition) is 0. The number of amides is 1. The standard InChI is InChI=1S/C32H36ClN5O3/c1-31(2,3)41-30(39)37-17-15-32(16-18-37,24-11-13-25(33)14-12-24)23-9-7-22(8-10-23)27-28-29(35-20-34-27)38(21-36-28)26-6-4-5-19-40-26/h7-14,20-21,26H,4-6,15-19H2,1-3H3/t26-/m0/s1. The van der Waals surface area contributed by atoms with Gasteiger partial charge in [0.15, 0.2) is 5.65 Å². The summed E-state index contributed by atoms with van der Waals surface area (Å²) >= 11 is 6.26. The Morgan fingerprint density at radius 3 is 2.29 bits per heavy atom. The molecule has 8 nitrogen and oxygen atoms in total. The lowest BCUT2D eigenvalue weighted by Crippen LogP contribution is -2.47. The van der Waals surface area contributed by atoms with E-state index in [0.29, 0.717) is 18.1 Å². The molecule has 1 amide bonds. The molecule has 4 heterocycles. The van der Waals surface area contributed by atoms with Gasteiger partial charge in [-0.25, -0.2) is 19.7 Å². The maximum Gasteiger partial charge on any atom is 0.410 e. The van der Waals surface area contributed by atoms with Crippen LogP contribution in [0.1, 0.15) is 70.2 Å². The van der Waals surface area contributed by atoms with Gasteiger partial charge in [-0.1, -0.05) is 48.0 Å². The number of likely N-dealkylation sites (tertiary alicyclic amines) is 1. The molecule has 9 heteroatoms. The molecule has 41 heavy (non-hydrogen) atoms. The minimum absolute atomic E-state index is 0.0374. The molecule has 2 aromatic carbocycles. The summed E-state index contributed by atoms with van der Waals surface area (Å²) < 4.78 is 13.7. The molecular formula is C32H36ClN5O3. The molecule has 0 bridgehead atoms. The summed E-state index contributed by atoms with van der Waals surface area (Å²) in [7, 11) is 0. The Morgan fingerprint density at radius 2 is 1.66 bits per heavy atom. The number of hydrogen-bond acceptors (Lipinski definition) is 6. The van der Waals surface area contributed by atoms with Crippen LogP contribution >= 0.6 is 11.6 Å². The molecule has 2 aliphatic rings. The first-order valence-corrected chi connectivity index (χ1v) is 14.8. The first kappa shape index (κ1) is 27.7. The normalized spacial score (nSPS) is 19.3. The molecule has 0 N–H and O–H groups in total. The van der Waals surface area contributed by atoms with Crippen LogP contribution in [-0.4, -0.2) is 55.8 Å². The van der Waals surface area contributed by atoms with Gasteiger partial charge < -0.3 is 14.4 Å². The summed E-state index contributed by atoms with van der Waals surface area (Å²) in [4.78, 5) is 28.5. The van der Waals surface area contributed by atoms with E-state index in [1.807, 2.05) is 48.7 Å². The molecule has 0 unspecified atom stereocenters. The van der Waals surface area contributed by atoms with Crippen LogP contribution in [-0.2, 0) is 14.9 Å². The van der Waals surface area contributed by atoms with E-state index in [1.165, 1.54) is 11.1 Å². The van der Waals surface area contributed by atoms with Crippen LogP contribution in [0.15, 0.2) is 61.2 Å². The van der Waals surface area contributed by atoms with Crippen molar-refractivity contribution >= 4 is 28.9 Å². The Bertz CT molecular complexity index is 1510. The minimum Gasteiger partial charge on any atom is -0.444 e. The van der Waals surface area contributed by atoms with Crippen molar-refractivity contribution in [3.8, 4) is 11.3 Å². The van der Waals surface area contributed by atoms with E-state index < -0.39 is 5.60 Å². The van der Waals surface area contributed by atoms with Crippen molar-refractivity contribution in [2.45, 2.75) is 70.1 Å². The lowest BCUT2D eigenvalue weighted by molar-refractivity contribution is -0.0298. The van der Waals surface area contributed by atoms with Gasteiger partial charge in [0.25, 0.3) is 0 Å². The number of aromatic nitrogens is 4. The number of imidazole rings is 1. The van der Waals surface area contributed by atoms with Gasteiger partial charge in [-0.15, -0.1) is 0 Å². The van der Waals surface area contributed by atoms with Crippen molar-refractivity contribution in [3.63, 3.8) is 0 Å². The summed E-state index contributed by atoms with van der Waals surface area (Å²) in [6, 6.07) is 16.7. The molecule has 0 spiro atoms. The first-order valence-electron chi connectivity index (χ1n) is 14.4. The zero-order valence-corrected chi connectivity index (χ0v) is 24.6. The van der Waals surface area contributed by atoms with Gasteiger partial charge >= 0.3 is 6.09 Å². The quantitative estimate of drug-likeness (QED) is 0.257. The second kappa shape index (κ2) is 11.1. The van der Waals surface area contributed by atoms with E-state index in [1.54, 1.807) is 6.33 Å². The van der Waals surface area contributed by atoms with Gasteiger partial charge in [0.1, 0.15) is 29.4 Å². The second-order valence-electron chi connectivity index (χ2n) is 12.0. The van der Waals surface area contributed by atoms with Gasteiger partial charge in [0, 0.05) is 35.7 Å². The lowest BCUT2D eigenvalue weighted by atomic mass is 9.68. The van der Waals surface area contributed by atoms with Crippen molar-refractivity contribution in [3.05, 3.63) is 77.3 Å². The smallest absolute Gasteiger partial charge is 0.410 e. The van der Waals surface area contributed by atoms with Gasteiger partial charge in [-0.05, 0) is 76.1 Å². The number of nitrogens with zero attached hydrogens (tertiary/aromatic N) is 5. The summed E-state index contributed by atoms with van der Waals surface area (Å²) in [5.74, 6) is 0. The third kappa shape index (κ3) is 5.55. The van der Waals surface area contributed by atoms with Crippen molar-refractivity contribution < 1.29 is 14.3 Å². The number of benzene rings is 2. The van der Waals surface area contributed by atoms with Crippen LogP contribution in [0.3, 0.4) is 0 Å². The Labute approximate surface area is 245 Å². The Morgan fingerprint density at radius 1 is 0.976 bits per heavy atom. The molecular weight excluding hydrogens is 538 g/mol. The highest BCUT2D eigenvalue weighted by Gasteiger charge is 2.40. The topological polar surface area (TPSA) is 82.4 Å². The average molecular weight is 574 g/mol. The number of carbonyl (C=O) groups is 1. The van der Waals surface area contributed by atoms with Crippen LogP contribution < -0.4 is 0 Å². The van der Waals surface area contributed by atoms with Crippen molar-refractivity contribution in [1.29, 1.82) is 0 Å². The molecule has 6 rings (SSSR count). The first-order chi connectivity index (χ1) is 19.7. The third-order valence-electron chi connectivity index (χ3n) is 8.20. The highest BCUT2D eigenvalue weighted by atomic mass is 35.5. The fourth-order valence-electron chi connectivity index (χ4n) is 6.07. The summed E-state index contributed by atoms with van der Waals surface area (Å²) in [5.41, 5.74) is 4.94. The molecule has 214 valence electrons. The van der Waals surface area contributed by atoms with E-state index in [2.05, 4.69) is 46.4 Å². The monoisotopic (exact) mass is 573 g/mol. The van der Waals surface area contributed by atoms with Crippen LogP contribution in [0.25, 0.3) is 22.4 Å². The molecule has 2 saturated heterocycles. The zero-order chi connectivity index (χ0) is 28.6. The minimum atomic E-state index is -0.525. The summed E-state index contributed by atoms with van der Waals surface area (Å²) in [5, 5.41) is 0.705. The highest BCUT2D eigenvalue weighted by Crippen LogP contribution is 2.43. The Hall–Kier alpha value is -3.49. The Balaban J connectivity index is 1.31. The molecule has 2 fully saturated rings. The summed E-state index contributed by atoms with van der Waals surface area (Å²) in [6.45, 7) is 7.66. The van der Waals surface area contributed by atoms with Gasteiger partial charge in [0.2, 0.25) is 0 Å². The van der Waals surface area contributed by atoms with E-state index in [-0.39, 0.29) is 17.7 Å². The number of fused-ring (bicyclic) bond motifs is 1. The molecule has 0 aliphatic carbocycles. The Kier molecular flexibility index (Phi) is 7.47. The largest absolute Gasteiger partial charge is 0.444 e. The number of carbonyl (C=O) groups excluding carboxylic acids is 1. The number of ether oxygens (including phenoxy) is 2. The molecule has 4 aromatic rings. The predicted octanol–water partition coefficient (Wildman–Crippen LogP) is 7.16. The SMILES string of the molecule is CC(C)(C)OC(=O)N1CCC(c2ccc(Cl)cc2)(c2ccc(-c3ncnc4c3ncn4[C@@H]3CCCCO3)cc2)CC1. The maximum atomic E-state index is 12.8. The maximum absolute atomic E-state index is 12.8. The van der Waals surface area contributed by atoms with Crippen molar-refractivity contribution in [1.82, 2.24) is 24.4 Å². The van der Waals surface area contributed by atoms with E-state index in [9.17, 15) is 4.79 Å². The third-order valence-corrected chi connectivity index (χ3v) is 8.45. The predicted molar refractivity (Wildman–Crippen MR) is 159 cm³/mol. The molecule has 2 aromatic heterocycles. The van der Waals surface area contributed by atoms with Crippen LogP contribution in [0.2, 0.25) is 5.02 Å². The molecule has 0 saturated carbocycles. The van der Waals surface area contributed by atoms with Crippen LogP contribution in [0.4, 0.5) is 4.79 Å². The number of rotatable bonds is 4. The highest BCUT2D eigenvalue weighted by molar-refractivity contribution is 6.30. The molecule has 2 aliphatic heterocycles. The second-order valence-corrected chi connectivity index (χ2v) is 12.4. The lowest BCUT2D eigenvalue weighted by Gasteiger charge is -2.43. The van der Waals surface area contributed by atoms with E-state index in [0.717, 1.165) is 61.1 Å². The number of halogens is 1. The molecule has 0 radical (unpaired) electrons. The van der Waals surface area contributed by atoms with Crippen LogP contribution in [0.5, 0.6) is 0 Å². The van der Waals surface area contributed by atoms with Crippen LogP contribution in [0, 0.1) is 0 Å². The van der Waals surface area contributed by atoms with E-state index >= 15 is 0 Å². The average Bonchev–Trinajstić information content (AvgIpc) is 3.42. The van der Waals surface area contributed by atoms with Gasteiger partial charge in [-0.3, -0.25) is 4.57 Å². The fourth-order valence-corrected chi connectivity index (χ4v) is 6.20. The zero-order valence-electron chi connectivity index (χ0n) is 23.8. The van der Waals surface area contributed by atoms with E-state index in [4.69, 9.17) is 26.1 Å². The van der Waals surface area contributed by atoms with Crippen molar-refractivity contribution in [2.75, 3.05) is 19.7 Å². The van der Waals surface area contributed by atoms with Gasteiger partial charge in [-0.2, -0.15) is 0 Å². The molecule has 1 atom stereocenters. The summed E-state index contributed by atoms with van der Waals surface area (Å²) in [6.07, 6.45) is 7.86. The number of piperidine rings is 1. The van der Waals surface area contributed by atoms with Gasteiger partial charge in [0.05, 0.1) is 6.33 Å².